The van der Waals surface area contributed by atoms with Crippen LogP contribution < -0.4 is 5.69 Å². The average molecular weight is 567 g/mol. The number of aromatic nitrogens is 5. The molecule has 1 saturated heterocycles. The maximum absolute atomic E-state index is 14.3. The number of imidazole rings is 1. The molecule has 4 aromatic rings. The zero-order valence-electron chi connectivity index (χ0n) is 23.8. The van der Waals surface area contributed by atoms with Gasteiger partial charge in [-0.3, -0.25) is 13.9 Å². The third-order valence-electron chi connectivity index (χ3n) is 8.84. The Hall–Kier alpha value is -3.40. The van der Waals surface area contributed by atoms with Gasteiger partial charge in [-0.2, -0.15) is 13.2 Å². The van der Waals surface area contributed by atoms with E-state index in [-0.39, 0.29) is 17.5 Å². The summed E-state index contributed by atoms with van der Waals surface area (Å²) < 4.78 is 47.5. The van der Waals surface area contributed by atoms with Gasteiger partial charge in [0.25, 0.3) is 0 Å². The van der Waals surface area contributed by atoms with Crippen molar-refractivity contribution < 1.29 is 13.2 Å². The molecule has 1 saturated carbocycles. The Morgan fingerprint density at radius 3 is 2.56 bits per heavy atom. The van der Waals surface area contributed by atoms with Gasteiger partial charge in [0.05, 0.1) is 16.8 Å². The van der Waals surface area contributed by atoms with Crippen LogP contribution in [0.25, 0.3) is 11.2 Å². The van der Waals surface area contributed by atoms with Crippen molar-refractivity contribution in [2.75, 3.05) is 13.1 Å². The van der Waals surface area contributed by atoms with Crippen molar-refractivity contribution in [2.24, 2.45) is 11.8 Å². The van der Waals surface area contributed by atoms with Gasteiger partial charge in [-0.1, -0.05) is 25.5 Å². The van der Waals surface area contributed by atoms with Gasteiger partial charge in [-0.25, -0.2) is 4.79 Å². The summed E-state index contributed by atoms with van der Waals surface area (Å²) in [5.41, 5.74) is 0.576. The zero-order valence-corrected chi connectivity index (χ0v) is 23.8. The molecular formula is C31H37F3N6O. The van der Waals surface area contributed by atoms with Crippen LogP contribution in [-0.4, -0.2) is 41.7 Å². The van der Waals surface area contributed by atoms with E-state index in [1.54, 1.807) is 18.6 Å². The van der Waals surface area contributed by atoms with Gasteiger partial charge in [0.15, 0.2) is 0 Å². The maximum atomic E-state index is 14.3. The molecule has 1 aliphatic heterocycles. The fourth-order valence-electron chi connectivity index (χ4n) is 6.58. The third kappa shape index (κ3) is 5.34. The van der Waals surface area contributed by atoms with Crippen LogP contribution in [0.2, 0.25) is 0 Å². The van der Waals surface area contributed by atoms with E-state index in [0.717, 1.165) is 61.0 Å². The van der Waals surface area contributed by atoms with Gasteiger partial charge >= 0.3 is 11.9 Å². The highest BCUT2D eigenvalue weighted by molar-refractivity contribution is 5.58. The topological polar surface area (TPSA) is 60.4 Å². The van der Waals surface area contributed by atoms with Crippen LogP contribution in [-0.2, 0) is 12.7 Å². The van der Waals surface area contributed by atoms with Crippen molar-refractivity contribution in [1.82, 2.24) is 28.6 Å². The smallest absolute Gasteiger partial charge is 0.315 e. The van der Waals surface area contributed by atoms with Crippen LogP contribution >= 0.6 is 0 Å². The molecule has 218 valence electrons. The summed E-state index contributed by atoms with van der Waals surface area (Å²) in [4.78, 5) is 15.9. The van der Waals surface area contributed by atoms with Crippen molar-refractivity contribution in [3.63, 3.8) is 0 Å². The van der Waals surface area contributed by atoms with E-state index in [1.165, 1.54) is 16.8 Å². The summed E-state index contributed by atoms with van der Waals surface area (Å²) in [6.45, 7) is 8.42. The van der Waals surface area contributed by atoms with Crippen molar-refractivity contribution in [1.29, 1.82) is 0 Å². The molecule has 0 N–H and O–H groups in total. The van der Waals surface area contributed by atoms with Gasteiger partial charge in [0.2, 0.25) is 0 Å². The number of fused-ring (bicyclic) bond motifs is 1. The van der Waals surface area contributed by atoms with Crippen LogP contribution in [0.4, 0.5) is 13.2 Å². The normalized spacial score (nSPS) is 19.6. The number of nitrogens with zero attached hydrogens (tertiary/aromatic N) is 6. The van der Waals surface area contributed by atoms with E-state index >= 15 is 0 Å². The Morgan fingerprint density at radius 2 is 1.88 bits per heavy atom. The quantitative estimate of drug-likeness (QED) is 0.258. The number of pyridine rings is 1. The molecule has 41 heavy (non-hydrogen) atoms. The molecule has 4 heterocycles. The van der Waals surface area contributed by atoms with Crippen LogP contribution in [0.3, 0.4) is 0 Å². The first-order chi connectivity index (χ1) is 19.6. The van der Waals surface area contributed by atoms with E-state index in [9.17, 15) is 18.0 Å². The third-order valence-corrected chi connectivity index (χ3v) is 8.84. The van der Waals surface area contributed by atoms with E-state index in [4.69, 9.17) is 0 Å². The van der Waals surface area contributed by atoms with Gasteiger partial charge < -0.3 is 4.57 Å². The van der Waals surface area contributed by atoms with Crippen LogP contribution in [0, 0.1) is 11.8 Å². The predicted octanol–water partition coefficient (Wildman–Crippen LogP) is 6.45. The molecule has 10 heteroatoms. The van der Waals surface area contributed by atoms with Gasteiger partial charge in [-0.15, -0.1) is 10.2 Å². The predicted molar refractivity (Wildman–Crippen MR) is 151 cm³/mol. The summed E-state index contributed by atoms with van der Waals surface area (Å²) in [5.74, 6) is 1.77. The summed E-state index contributed by atoms with van der Waals surface area (Å²) in [7, 11) is 0. The van der Waals surface area contributed by atoms with Crippen LogP contribution in [0.1, 0.15) is 87.3 Å². The van der Waals surface area contributed by atoms with Crippen molar-refractivity contribution in [2.45, 2.75) is 77.6 Å². The molecule has 0 spiro atoms. The second kappa shape index (κ2) is 10.8. The maximum Gasteiger partial charge on any atom is 0.418 e. The first-order valence-corrected chi connectivity index (χ1v) is 14.7. The lowest BCUT2D eigenvalue weighted by Gasteiger charge is -2.34. The monoisotopic (exact) mass is 566 g/mol. The Morgan fingerprint density at radius 1 is 1.07 bits per heavy atom. The lowest BCUT2D eigenvalue weighted by molar-refractivity contribution is -0.136. The van der Waals surface area contributed by atoms with Gasteiger partial charge in [0.1, 0.15) is 12.2 Å². The molecule has 0 radical (unpaired) electrons. The fourth-order valence-corrected chi connectivity index (χ4v) is 6.58. The number of benzene rings is 1. The number of alkyl halides is 3. The largest absolute Gasteiger partial charge is 0.418 e. The zero-order chi connectivity index (χ0) is 28.9. The molecule has 0 amide bonds. The van der Waals surface area contributed by atoms with Crippen LogP contribution in [0.5, 0.6) is 0 Å². The lowest BCUT2D eigenvalue weighted by atomic mass is 9.72. The summed E-state index contributed by atoms with van der Waals surface area (Å²) in [6.07, 6.45) is 5.52. The van der Waals surface area contributed by atoms with E-state index in [0.29, 0.717) is 29.6 Å². The Bertz CT molecular complexity index is 1600. The first-order valence-electron chi connectivity index (χ1n) is 14.7. The van der Waals surface area contributed by atoms with Gasteiger partial charge in [0, 0.05) is 37.4 Å². The fraction of sp³-hybridized carbons (Fsp3) is 0.516. The second-order valence-corrected chi connectivity index (χ2v) is 12.2. The van der Waals surface area contributed by atoms with E-state index < -0.39 is 17.4 Å². The van der Waals surface area contributed by atoms with Crippen molar-refractivity contribution in [3.8, 4) is 5.69 Å². The second-order valence-electron chi connectivity index (χ2n) is 12.2. The number of likely N-dealkylation sites (tertiary alicyclic amines) is 1. The Kier molecular flexibility index (Phi) is 7.30. The Labute approximate surface area is 237 Å². The minimum Gasteiger partial charge on any atom is -0.315 e. The number of hydrogen-bond acceptors (Lipinski definition) is 4. The van der Waals surface area contributed by atoms with Gasteiger partial charge in [-0.05, 0) is 87.2 Å². The molecule has 1 aromatic carbocycles. The molecule has 3 aromatic heterocycles. The van der Waals surface area contributed by atoms with Crippen molar-refractivity contribution in [3.05, 3.63) is 82.1 Å². The lowest BCUT2D eigenvalue weighted by Crippen LogP contribution is -2.34. The molecule has 7 nitrogen and oxygen atoms in total. The molecular weight excluding hydrogens is 529 g/mol. The van der Waals surface area contributed by atoms with Crippen LogP contribution in [0.15, 0.2) is 53.8 Å². The highest BCUT2D eigenvalue weighted by Crippen LogP contribution is 2.43. The minimum atomic E-state index is -4.59. The minimum absolute atomic E-state index is 0.00870. The summed E-state index contributed by atoms with van der Waals surface area (Å²) in [6, 6.07) is 8.99. The molecule has 2 atom stereocenters. The molecule has 0 unspecified atom stereocenters. The summed E-state index contributed by atoms with van der Waals surface area (Å²) in [5, 5.41) is 8.67. The van der Waals surface area contributed by atoms with E-state index in [2.05, 4.69) is 40.4 Å². The molecule has 0 bridgehead atoms. The highest BCUT2D eigenvalue weighted by atomic mass is 19.4. The number of halogens is 3. The number of hydrogen-bond donors (Lipinski definition) is 0. The van der Waals surface area contributed by atoms with Crippen molar-refractivity contribution >= 4 is 5.52 Å². The average Bonchev–Trinajstić information content (AvgIpc) is 3.50. The standard InChI is InChI=1S/C31H37F3N6O/c1-20(2)40-19-35-36-29(40)28(23-8-4-9-23)24-10-5-11-25(14-24)38-18-27-26(31(32,33)34)13-22(17-39(27)30(38)41)16-37-12-6-7-21(3)15-37/h5,10-11,13-14,17-21,23,28H,4,6-9,12,15-16H2,1-3H3/t21-,28-/m0/s1. The molecule has 2 fully saturated rings. The summed E-state index contributed by atoms with van der Waals surface area (Å²) >= 11 is 0. The Balaban J connectivity index is 1.42. The SMILES string of the molecule is CC(C)n1cnnc1[C@H](c1cccc(-n2cc3c(C(F)(F)F)cc(CN4CCC[C@H](C)C4)cn3c2=O)c1)C1CCC1. The highest BCUT2D eigenvalue weighted by Gasteiger charge is 2.36. The van der Waals surface area contributed by atoms with E-state index in [1.807, 2.05) is 18.2 Å². The molecule has 1 aliphatic carbocycles. The molecule has 2 aliphatic rings. The first kappa shape index (κ1) is 27.8. The number of piperidine rings is 1. The molecule has 6 rings (SSSR count). The number of rotatable bonds is 7.